The Bertz CT molecular complexity index is 401. The second kappa shape index (κ2) is 7.82. The predicted molar refractivity (Wildman–Crippen MR) is 80.9 cm³/mol. The summed E-state index contributed by atoms with van der Waals surface area (Å²) in [5.41, 5.74) is 7.37. The van der Waals surface area contributed by atoms with Crippen LogP contribution in [0.1, 0.15) is 45.6 Å². The van der Waals surface area contributed by atoms with Gasteiger partial charge in [-0.05, 0) is 37.0 Å². The number of carbonyl (C=O) groups excluding carboxylic acids is 1. The minimum atomic E-state index is 0.0719. The third-order valence-corrected chi connectivity index (χ3v) is 3.14. The molecule has 0 spiro atoms. The van der Waals surface area contributed by atoms with Crippen LogP contribution in [0.25, 0.3) is 0 Å². The number of carbonyl (C=O) groups is 1. The van der Waals surface area contributed by atoms with Crippen LogP contribution in [0.5, 0.6) is 0 Å². The number of rotatable bonds is 7. The zero-order valence-electron chi connectivity index (χ0n) is 12.3. The molecular weight excluding hydrogens is 236 g/mol. The number of amides is 1. The van der Waals surface area contributed by atoms with Crippen LogP contribution in [0.15, 0.2) is 24.3 Å². The molecule has 1 rings (SSSR count). The first-order chi connectivity index (χ1) is 8.97. The molecule has 0 saturated carbocycles. The molecule has 0 saturated heterocycles. The molecule has 0 bridgehead atoms. The van der Waals surface area contributed by atoms with E-state index in [0.717, 1.165) is 24.3 Å². The lowest BCUT2D eigenvalue weighted by Crippen LogP contribution is -2.33. The molecule has 1 aromatic carbocycles. The fourth-order valence-electron chi connectivity index (χ4n) is 2.12. The van der Waals surface area contributed by atoms with Crippen molar-refractivity contribution in [2.45, 2.75) is 52.5 Å². The number of hydrogen-bond donors (Lipinski definition) is 2. The summed E-state index contributed by atoms with van der Waals surface area (Å²) in [6.07, 6.45) is 3.83. The topological polar surface area (TPSA) is 55.1 Å². The Labute approximate surface area is 116 Å². The molecule has 106 valence electrons. The predicted octanol–water partition coefficient (Wildman–Crippen LogP) is 3.14. The molecule has 0 fully saturated rings. The standard InChI is InChI=1S/C16H26N2O/c1-12(2)6-4-7-13(3)18-16(19)11-14-8-5-9-15(17)10-14/h5,8-10,12-13H,4,6-7,11,17H2,1-3H3,(H,18,19). The van der Waals surface area contributed by atoms with Crippen molar-refractivity contribution in [3.8, 4) is 0 Å². The fraction of sp³-hybridized carbons (Fsp3) is 0.562. The maximum Gasteiger partial charge on any atom is 0.224 e. The van der Waals surface area contributed by atoms with E-state index >= 15 is 0 Å². The molecular formula is C16H26N2O. The van der Waals surface area contributed by atoms with Gasteiger partial charge >= 0.3 is 0 Å². The molecule has 1 aromatic rings. The van der Waals surface area contributed by atoms with Crippen LogP contribution < -0.4 is 11.1 Å². The minimum Gasteiger partial charge on any atom is -0.399 e. The molecule has 0 heterocycles. The Balaban J connectivity index is 2.30. The molecule has 1 amide bonds. The first kappa shape index (κ1) is 15.5. The largest absolute Gasteiger partial charge is 0.399 e. The highest BCUT2D eigenvalue weighted by atomic mass is 16.1. The second-order valence-electron chi connectivity index (χ2n) is 5.72. The Kier molecular flexibility index (Phi) is 6.40. The first-order valence-electron chi connectivity index (χ1n) is 7.11. The normalized spacial score (nSPS) is 12.4. The van der Waals surface area contributed by atoms with Gasteiger partial charge in [0.15, 0.2) is 0 Å². The summed E-state index contributed by atoms with van der Waals surface area (Å²) in [4.78, 5) is 11.9. The van der Waals surface area contributed by atoms with Crippen LogP contribution in [-0.4, -0.2) is 11.9 Å². The van der Waals surface area contributed by atoms with E-state index in [1.54, 1.807) is 0 Å². The summed E-state index contributed by atoms with van der Waals surface area (Å²) in [6.45, 7) is 6.52. The Morgan fingerprint density at radius 1 is 1.26 bits per heavy atom. The lowest BCUT2D eigenvalue weighted by Gasteiger charge is -2.14. The lowest BCUT2D eigenvalue weighted by atomic mass is 10.0. The summed E-state index contributed by atoms with van der Waals surface area (Å²) in [6, 6.07) is 7.73. The summed E-state index contributed by atoms with van der Waals surface area (Å²) in [5, 5.41) is 3.04. The molecule has 19 heavy (non-hydrogen) atoms. The van der Waals surface area contributed by atoms with Gasteiger partial charge < -0.3 is 11.1 Å². The Morgan fingerprint density at radius 3 is 2.63 bits per heavy atom. The van der Waals surface area contributed by atoms with E-state index in [-0.39, 0.29) is 11.9 Å². The van der Waals surface area contributed by atoms with Crippen LogP contribution in [0.3, 0.4) is 0 Å². The van der Waals surface area contributed by atoms with E-state index in [1.807, 2.05) is 24.3 Å². The van der Waals surface area contributed by atoms with Crippen molar-refractivity contribution < 1.29 is 4.79 Å². The summed E-state index contributed by atoms with van der Waals surface area (Å²) >= 11 is 0. The van der Waals surface area contributed by atoms with Crippen molar-refractivity contribution in [2.24, 2.45) is 5.92 Å². The molecule has 3 nitrogen and oxygen atoms in total. The van der Waals surface area contributed by atoms with E-state index in [1.165, 1.54) is 6.42 Å². The van der Waals surface area contributed by atoms with Gasteiger partial charge in [0.1, 0.15) is 0 Å². The number of nitrogens with one attached hydrogen (secondary N) is 1. The smallest absolute Gasteiger partial charge is 0.224 e. The van der Waals surface area contributed by atoms with Crippen LogP contribution in [0, 0.1) is 5.92 Å². The van der Waals surface area contributed by atoms with E-state index in [2.05, 4.69) is 26.1 Å². The van der Waals surface area contributed by atoms with E-state index in [4.69, 9.17) is 5.73 Å². The van der Waals surface area contributed by atoms with Gasteiger partial charge in [0, 0.05) is 11.7 Å². The molecule has 3 N–H and O–H groups in total. The quantitative estimate of drug-likeness (QED) is 0.742. The average Bonchev–Trinajstić information content (AvgIpc) is 2.27. The Morgan fingerprint density at radius 2 is 2.00 bits per heavy atom. The van der Waals surface area contributed by atoms with Gasteiger partial charge in [0.25, 0.3) is 0 Å². The monoisotopic (exact) mass is 262 g/mol. The van der Waals surface area contributed by atoms with Gasteiger partial charge in [-0.1, -0.05) is 38.8 Å². The van der Waals surface area contributed by atoms with Gasteiger partial charge in [-0.2, -0.15) is 0 Å². The first-order valence-corrected chi connectivity index (χ1v) is 7.11. The maximum absolute atomic E-state index is 11.9. The van der Waals surface area contributed by atoms with E-state index in [0.29, 0.717) is 12.1 Å². The summed E-state index contributed by atoms with van der Waals surface area (Å²) in [7, 11) is 0. The number of nitrogens with two attached hydrogens (primary N) is 1. The number of benzene rings is 1. The summed E-state index contributed by atoms with van der Waals surface area (Å²) < 4.78 is 0. The molecule has 1 atom stereocenters. The molecule has 1 unspecified atom stereocenters. The average molecular weight is 262 g/mol. The van der Waals surface area contributed by atoms with Crippen molar-refractivity contribution in [2.75, 3.05) is 5.73 Å². The van der Waals surface area contributed by atoms with Crippen LogP contribution >= 0.6 is 0 Å². The zero-order chi connectivity index (χ0) is 14.3. The highest BCUT2D eigenvalue weighted by Gasteiger charge is 2.08. The minimum absolute atomic E-state index is 0.0719. The Hall–Kier alpha value is -1.51. The highest BCUT2D eigenvalue weighted by Crippen LogP contribution is 2.09. The van der Waals surface area contributed by atoms with Gasteiger partial charge in [0.2, 0.25) is 5.91 Å². The molecule has 0 radical (unpaired) electrons. The SMILES string of the molecule is CC(C)CCCC(C)NC(=O)Cc1cccc(N)c1. The molecule has 0 aliphatic carbocycles. The van der Waals surface area contributed by atoms with Crippen molar-refractivity contribution in [3.05, 3.63) is 29.8 Å². The molecule has 0 aliphatic heterocycles. The van der Waals surface area contributed by atoms with Crippen LogP contribution in [0.4, 0.5) is 5.69 Å². The zero-order valence-corrected chi connectivity index (χ0v) is 12.3. The van der Waals surface area contributed by atoms with E-state index < -0.39 is 0 Å². The van der Waals surface area contributed by atoms with Crippen molar-refractivity contribution >= 4 is 11.6 Å². The fourth-order valence-corrected chi connectivity index (χ4v) is 2.12. The van der Waals surface area contributed by atoms with Crippen LogP contribution in [0.2, 0.25) is 0 Å². The molecule has 0 aromatic heterocycles. The second-order valence-corrected chi connectivity index (χ2v) is 5.72. The number of hydrogen-bond acceptors (Lipinski definition) is 2. The van der Waals surface area contributed by atoms with Crippen LogP contribution in [-0.2, 0) is 11.2 Å². The van der Waals surface area contributed by atoms with Crippen molar-refractivity contribution in [1.82, 2.24) is 5.32 Å². The van der Waals surface area contributed by atoms with E-state index in [9.17, 15) is 4.79 Å². The maximum atomic E-state index is 11.9. The number of nitrogen functional groups attached to an aromatic ring is 1. The van der Waals surface area contributed by atoms with Gasteiger partial charge in [-0.3, -0.25) is 4.79 Å². The summed E-state index contributed by atoms with van der Waals surface area (Å²) in [5.74, 6) is 0.804. The molecule has 3 heteroatoms. The molecule has 0 aliphatic rings. The third kappa shape index (κ3) is 6.85. The van der Waals surface area contributed by atoms with Gasteiger partial charge in [0.05, 0.1) is 6.42 Å². The van der Waals surface area contributed by atoms with Gasteiger partial charge in [-0.25, -0.2) is 0 Å². The number of anilines is 1. The van der Waals surface area contributed by atoms with Crippen molar-refractivity contribution in [1.29, 1.82) is 0 Å². The van der Waals surface area contributed by atoms with Gasteiger partial charge in [-0.15, -0.1) is 0 Å². The van der Waals surface area contributed by atoms with Crippen molar-refractivity contribution in [3.63, 3.8) is 0 Å². The lowest BCUT2D eigenvalue weighted by molar-refractivity contribution is -0.121. The third-order valence-electron chi connectivity index (χ3n) is 3.14. The highest BCUT2D eigenvalue weighted by molar-refractivity contribution is 5.79.